The second-order valence-electron chi connectivity index (χ2n) is 10.3. The zero-order valence-electron chi connectivity index (χ0n) is 23.0. The lowest BCUT2D eigenvalue weighted by atomic mass is 10.1. The van der Waals surface area contributed by atoms with Gasteiger partial charge in [-0.3, -0.25) is 0 Å². The van der Waals surface area contributed by atoms with Crippen molar-refractivity contribution in [1.82, 2.24) is 9.59 Å². The van der Waals surface area contributed by atoms with Crippen LogP contribution >= 0.6 is 34.2 Å². The van der Waals surface area contributed by atoms with Gasteiger partial charge < -0.3 is 4.74 Å². The van der Waals surface area contributed by atoms with Crippen LogP contribution < -0.4 is 4.74 Å². The molecule has 0 spiro atoms. The summed E-state index contributed by atoms with van der Waals surface area (Å²) in [4.78, 5) is 5.14. The first-order valence-electron chi connectivity index (χ1n) is 14.1. The maximum Gasteiger partial charge on any atom is 0.139 e. The number of aryl methyl sites for hydroxylation is 3. The quantitative estimate of drug-likeness (QED) is 0.129. The Balaban J connectivity index is 1.32. The molecule has 0 saturated carbocycles. The summed E-state index contributed by atoms with van der Waals surface area (Å²) in [6, 6.07) is 8.89. The molecule has 0 unspecified atom stereocenters. The summed E-state index contributed by atoms with van der Waals surface area (Å²) in [7, 11) is 0. The number of unbranched alkanes of at least 4 members (excludes halogenated alkanes) is 11. The molecular weight excluding hydrogens is 513 g/mol. The van der Waals surface area contributed by atoms with Gasteiger partial charge in [0.2, 0.25) is 0 Å². The van der Waals surface area contributed by atoms with E-state index in [4.69, 9.17) is 4.74 Å². The number of rotatable bonds is 16. The Morgan fingerprint density at radius 3 is 2.05 bits per heavy atom. The fraction of sp³-hybridized carbons (Fsp3) is 0.548. The molecule has 0 radical (unpaired) electrons. The van der Waals surface area contributed by atoms with Crippen LogP contribution in [0.1, 0.15) is 100.0 Å². The third-order valence-corrected chi connectivity index (χ3v) is 10.4. The van der Waals surface area contributed by atoms with Crippen molar-refractivity contribution in [3.63, 3.8) is 0 Å². The van der Waals surface area contributed by atoms with Crippen molar-refractivity contribution in [2.45, 2.75) is 105 Å². The van der Waals surface area contributed by atoms with E-state index in [1.54, 1.807) is 0 Å². The van der Waals surface area contributed by atoms with Crippen molar-refractivity contribution in [1.29, 1.82) is 0 Å². The second kappa shape index (κ2) is 14.4. The highest BCUT2D eigenvalue weighted by atomic mass is 32.1. The SMILES string of the molecule is CCCCCCCCCCCCCCOc1cc(-c2ccc(C)c3snnc23)sc1-c1sc(C)cc1C. The summed E-state index contributed by atoms with van der Waals surface area (Å²) in [6.45, 7) is 9.60. The number of thiophene rings is 2. The molecule has 0 bridgehead atoms. The van der Waals surface area contributed by atoms with Gasteiger partial charge in [0.15, 0.2) is 0 Å². The Labute approximate surface area is 235 Å². The Morgan fingerprint density at radius 2 is 1.41 bits per heavy atom. The Morgan fingerprint density at radius 1 is 0.730 bits per heavy atom. The number of hydrogen-bond donors (Lipinski definition) is 0. The van der Waals surface area contributed by atoms with Gasteiger partial charge in [-0.2, -0.15) is 0 Å². The highest BCUT2D eigenvalue weighted by Crippen LogP contribution is 2.48. The molecule has 3 nitrogen and oxygen atoms in total. The normalized spacial score (nSPS) is 11.6. The van der Waals surface area contributed by atoms with Gasteiger partial charge in [0.25, 0.3) is 0 Å². The second-order valence-corrected chi connectivity index (χ2v) is 13.4. The van der Waals surface area contributed by atoms with Crippen molar-refractivity contribution in [2.24, 2.45) is 0 Å². The van der Waals surface area contributed by atoms with Gasteiger partial charge in [-0.25, -0.2) is 0 Å². The minimum Gasteiger partial charge on any atom is -0.492 e. The van der Waals surface area contributed by atoms with E-state index in [1.165, 1.54) is 117 Å². The predicted octanol–water partition coefficient (Wildman–Crippen LogP) is 11.2. The van der Waals surface area contributed by atoms with Crippen LogP contribution in [-0.4, -0.2) is 16.2 Å². The molecule has 0 atom stereocenters. The first-order valence-corrected chi connectivity index (χ1v) is 16.5. The molecule has 0 N–H and O–H groups in total. The van der Waals surface area contributed by atoms with E-state index in [-0.39, 0.29) is 0 Å². The number of hydrogen-bond acceptors (Lipinski definition) is 6. The van der Waals surface area contributed by atoms with Crippen LogP contribution in [0.25, 0.3) is 30.4 Å². The first-order chi connectivity index (χ1) is 18.1. The molecule has 1 aromatic carbocycles. The van der Waals surface area contributed by atoms with Gasteiger partial charge in [0, 0.05) is 15.3 Å². The minimum atomic E-state index is 0.783. The van der Waals surface area contributed by atoms with Crippen LogP contribution in [0.2, 0.25) is 0 Å². The maximum absolute atomic E-state index is 6.45. The summed E-state index contributed by atoms with van der Waals surface area (Å²) >= 11 is 5.17. The molecule has 37 heavy (non-hydrogen) atoms. The fourth-order valence-corrected chi connectivity index (χ4v) is 7.96. The third kappa shape index (κ3) is 7.64. The van der Waals surface area contributed by atoms with E-state index < -0.39 is 0 Å². The van der Waals surface area contributed by atoms with Gasteiger partial charge in [0.05, 0.1) is 21.1 Å². The lowest BCUT2D eigenvalue weighted by molar-refractivity contribution is 0.306. The van der Waals surface area contributed by atoms with Crippen LogP contribution in [0, 0.1) is 20.8 Å². The van der Waals surface area contributed by atoms with Gasteiger partial charge in [0.1, 0.15) is 11.3 Å². The molecule has 0 aliphatic carbocycles. The molecule has 0 aliphatic rings. The van der Waals surface area contributed by atoms with Crippen LogP contribution in [0.3, 0.4) is 0 Å². The van der Waals surface area contributed by atoms with E-state index in [2.05, 4.69) is 61.5 Å². The van der Waals surface area contributed by atoms with Crippen LogP contribution in [0.15, 0.2) is 24.3 Å². The summed E-state index contributed by atoms with van der Waals surface area (Å²) in [5.74, 6) is 1.02. The Kier molecular flexibility index (Phi) is 11.0. The summed E-state index contributed by atoms with van der Waals surface area (Å²) in [5, 5.41) is 4.47. The summed E-state index contributed by atoms with van der Waals surface area (Å²) in [5.41, 5.74) is 4.73. The molecule has 3 aromatic heterocycles. The van der Waals surface area contributed by atoms with Crippen molar-refractivity contribution in [2.75, 3.05) is 6.61 Å². The average molecular weight is 555 g/mol. The van der Waals surface area contributed by atoms with E-state index in [9.17, 15) is 0 Å². The standard InChI is InChI=1S/C31H42N2OS3/c1-5-6-7-8-9-10-11-12-13-14-15-16-19-34-26-21-27(36-31(26)30-23(3)20-24(4)35-30)25-18-17-22(2)29-28(25)32-33-37-29/h17-18,20-21H,5-16,19H2,1-4H3. The number of nitrogens with zero attached hydrogens (tertiary/aromatic N) is 2. The largest absolute Gasteiger partial charge is 0.492 e. The molecule has 0 fully saturated rings. The molecule has 200 valence electrons. The fourth-order valence-electron chi connectivity index (χ4n) is 4.95. The van der Waals surface area contributed by atoms with E-state index in [0.717, 1.165) is 29.9 Å². The van der Waals surface area contributed by atoms with E-state index in [0.29, 0.717) is 0 Å². The molecule has 0 amide bonds. The molecule has 4 rings (SSSR count). The smallest absolute Gasteiger partial charge is 0.139 e. The Hall–Kier alpha value is -1.76. The lowest BCUT2D eigenvalue weighted by Crippen LogP contribution is -1.97. The lowest BCUT2D eigenvalue weighted by Gasteiger charge is -2.07. The van der Waals surface area contributed by atoms with Crippen LogP contribution in [0.5, 0.6) is 5.75 Å². The van der Waals surface area contributed by atoms with Crippen molar-refractivity contribution < 1.29 is 4.74 Å². The predicted molar refractivity (Wildman–Crippen MR) is 165 cm³/mol. The first kappa shape index (κ1) is 28.3. The van der Waals surface area contributed by atoms with Crippen LogP contribution in [-0.2, 0) is 0 Å². The molecule has 6 heteroatoms. The van der Waals surface area contributed by atoms with Gasteiger partial charge in [-0.15, -0.1) is 27.8 Å². The zero-order chi connectivity index (χ0) is 26.0. The van der Waals surface area contributed by atoms with Gasteiger partial charge in [-0.1, -0.05) is 94.2 Å². The third-order valence-electron chi connectivity index (χ3n) is 7.07. The van der Waals surface area contributed by atoms with E-state index in [1.807, 2.05) is 22.7 Å². The van der Waals surface area contributed by atoms with Crippen molar-refractivity contribution in [3.05, 3.63) is 40.3 Å². The Bertz CT molecular complexity index is 1250. The monoisotopic (exact) mass is 554 g/mol. The highest BCUT2D eigenvalue weighted by Gasteiger charge is 2.20. The summed E-state index contributed by atoms with van der Waals surface area (Å²) < 4.78 is 11.9. The van der Waals surface area contributed by atoms with Gasteiger partial charge >= 0.3 is 0 Å². The molecule has 3 heterocycles. The topological polar surface area (TPSA) is 35.0 Å². The zero-order valence-corrected chi connectivity index (χ0v) is 25.5. The maximum atomic E-state index is 6.45. The minimum absolute atomic E-state index is 0.783. The summed E-state index contributed by atoms with van der Waals surface area (Å²) in [6.07, 6.45) is 16.3. The van der Waals surface area contributed by atoms with E-state index >= 15 is 0 Å². The number of ether oxygens (including phenoxy) is 1. The number of fused-ring (bicyclic) bond motifs is 1. The number of aromatic nitrogens is 2. The highest BCUT2D eigenvalue weighted by molar-refractivity contribution is 7.24. The molecular formula is C31H42N2OS3. The van der Waals surface area contributed by atoms with Crippen LogP contribution in [0.4, 0.5) is 0 Å². The van der Waals surface area contributed by atoms with Crippen molar-refractivity contribution in [3.8, 4) is 25.9 Å². The molecule has 0 aliphatic heterocycles. The molecule has 0 saturated heterocycles. The van der Waals surface area contributed by atoms with Gasteiger partial charge in [-0.05, 0) is 62.0 Å². The van der Waals surface area contributed by atoms with Crippen molar-refractivity contribution >= 4 is 44.4 Å². The molecule has 4 aromatic rings. The number of benzene rings is 1. The average Bonchev–Trinajstić information content (AvgIpc) is 3.61.